The lowest BCUT2D eigenvalue weighted by molar-refractivity contribution is -0.137. The van der Waals surface area contributed by atoms with Gasteiger partial charge in [0.1, 0.15) is 6.04 Å². The van der Waals surface area contributed by atoms with E-state index in [0.717, 1.165) is 5.56 Å². The molecule has 1 amide bonds. The van der Waals surface area contributed by atoms with Gasteiger partial charge in [-0.25, -0.2) is 8.42 Å². The summed E-state index contributed by atoms with van der Waals surface area (Å²) >= 11 is 0. The lowest BCUT2D eigenvalue weighted by atomic mass is 9.79. The topological polar surface area (TPSA) is 92.5 Å². The van der Waals surface area contributed by atoms with Crippen molar-refractivity contribution in [1.29, 1.82) is 0 Å². The number of sulfonamides is 1. The van der Waals surface area contributed by atoms with Crippen LogP contribution in [-0.4, -0.2) is 44.4 Å². The number of piperidine rings is 1. The van der Waals surface area contributed by atoms with E-state index in [-0.39, 0.29) is 40.6 Å². The van der Waals surface area contributed by atoms with E-state index in [1.165, 1.54) is 0 Å². The maximum absolute atomic E-state index is 13.1. The molecule has 0 aromatic heterocycles. The number of carbonyl (C=O) groups excluding carboxylic acids is 1. The molecule has 2 rings (SSSR count). The Morgan fingerprint density at radius 1 is 1.26 bits per heavy atom. The second kappa shape index (κ2) is 8.90. The van der Waals surface area contributed by atoms with Gasteiger partial charge in [0.2, 0.25) is 15.9 Å². The molecule has 0 aliphatic carbocycles. The van der Waals surface area contributed by atoms with E-state index in [2.05, 4.69) is 4.72 Å². The minimum Gasteiger partial charge on any atom is -0.341 e. The molecule has 3 N–H and O–H groups in total. The molecule has 6 nitrogen and oxygen atoms in total. The van der Waals surface area contributed by atoms with Gasteiger partial charge in [0.15, 0.2) is 0 Å². The highest BCUT2D eigenvalue weighted by Crippen LogP contribution is 2.28. The largest absolute Gasteiger partial charge is 0.341 e. The van der Waals surface area contributed by atoms with Gasteiger partial charge in [-0.1, -0.05) is 45.4 Å². The van der Waals surface area contributed by atoms with Gasteiger partial charge in [-0.3, -0.25) is 4.79 Å². The third-order valence-electron chi connectivity index (χ3n) is 5.17. The second-order valence-electron chi connectivity index (χ2n) is 8.30. The monoisotopic (exact) mass is 417 g/mol. The van der Waals surface area contributed by atoms with Crippen molar-refractivity contribution < 1.29 is 13.2 Å². The van der Waals surface area contributed by atoms with Gasteiger partial charge < -0.3 is 10.6 Å². The Labute approximate surface area is 169 Å². The van der Waals surface area contributed by atoms with Crippen molar-refractivity contribution in [2.24, 2.45) is 17.1 Å². The predicted molar refractivity (Wildman–Crippen MR) is 110 cm³/mol. The number of rotatable bonds is 5. The van der Waals surface area contributed by atoms with E-state index in [1.54, 1.807) is 29.2 Å². The van der Waals surface area contributed by atoms with E-state index in [4.69, 9.17) is 5.73 Å². The zero-order valence-electron chi connectivity index (χ0n) is 16.7. The van der Waals surface area contributed by atoms with Gasteiger partial charge in [0.25, 0.3) is 0 Å². The molecule has 2 unspecified atom stereocenters. The molecule has 0 radical (unpaired) electrons. The maximum Gasteiger partial charge on any atom is 0.241 e. The van der Waals surface area contributed by atoms with Crippen LogP contribution in [0.15, 0.2) is 29.2 Å². The Bertz CT molecular complexity index is 748. The van der Waals surface area contributed by atoms with Crippen molar-refractivity contribution in [2.75, 3.05) is 13.1 Å². The number of hydrogen-bond acceptors (Lipinski definition) is 4. The first kappa shape index (κ1) is 23.9. The van der Waals surface area contributed by atoms with Crippen LogP contribution in [0.4, 0.5) is 0 Å². The third kappa shape index (κ3) is 5.67. The molecule has 1 fully saturated rings. The molecule has 8 heteroatoms. The predicted octanol–water partition coefficient (Wildman–Crippen LogP) is 2.31. The maximum atomic E-state index is 13.1. The van der Waals surface area contributed by atoms with Crippen LogP contribution in [0.1, 0.15) is 39.7 Å². The first-order valence-corrected chi connectivity index (χ1v) is 10.6. The Morgan fingerprint density at radius 3 is 2.30 bits per heavy atom. The van der Waals surface area contributed by atoms with E-state index in [0.29, 0.717) is 19.5 Å². The minimum atomic E-state index is -3.77. The molecular formula is C19H32ClN3O3S. The molecule has 1 aromatic rings. The molecule has 2 atom stereocenters. The average molecular weight is 418 g/mol. The van der Waals surface area contributed by atoms with Gasteiger partial charge in [-0.05, 0) is 36.8 Å². The standard InChI is InChI=1S/C19H31N3O3S.ClH/c1-13(2)17(18(23)22-11-10-16(20)19(4,5)12-22)21-26(24,25)15-8-6-14(3)7-9-15;/h6-9,13,16-17,21H,10-12,20H2,1-5H3;1H. The van der Waals surface area contributed by atoms with Crippen LogP contribution in [0.25, 0.3) is 0 Å². The summed E-state index contributed by atoms with van der Waals surface area (Å²) in [6.45, 7) is 10.8. The van der Waals surface area contributed by atoms with Gasteiger partial charge in [0.05, 0.1) is 4.90 Å². The van der Waals surface area contributed by atoms with Crippen molar-refractivity contribution >= 4 is 28.3 Å². The number of halogens is 1. The number of amides is 1. The number of hydrogen-bond donors (Lipinski definition) is 2. The number of carbonyl (C=O) groups is 1. The summed E-state index contributed by atoms with van der Waals surface area (Å²) in [6, 6.07) is 5.84. The third-order valence-corrected chi connectivity index (χ3v) is 6.63. The highest BCUT2D eigenvalue weighted by Gasteiger charge is 2.39. The Morgan fingerprint density at radius 2 is 1.81 bits per heavy atom. The fourth-order valence-electron chi connectivity index (χ4n) is 3.18. The summed E-state index contributed by atoms with van der Waals surface area (Å²) in [7, 11) is -3.77. The van der Waals surface area contributed by atoms with Crippen LogP contribution in [0.3, 0.4) is 0 Å². The summed E-state index contributed by atoms with van der Waals surface area (Å²) in [5.74, 6) is -0.350. The Hall–Kier alpha value is -1.15. The zero-order valence-corrected chi connectivity index (χ0v) is 18.4. The fraction of sp³-hybridized carbons (Fsp3) is 0.632. The quantitative estimate of drug-likeness (QED) is 0.768. The lowest BCUT2D eigenvalue weighted by Crippen LogP contribution is -2.58. The van der Waals surface area contributed by atoms with Crippen LogP contribution < -0.4 is 10.5 Å². The number of aryl methyl sites for hydroxylation is 1. The number of nitrogens with two attached hydrogens (primary N) is 1. The molecule has 27 heavy (non-hydrogen) atoms. The van der Waals surface area contributed by atoms with Crippen molar-refractivity contribution in [3.8, 4) is 0 Å². The van der Waals surface area contributed by atoms with Crippen LogP contribution in [0.2, 0.25) is 0 Å². The summed E-state index contributed by atoms with van der Waals surface area (Å²) in [4.78, 5) is 15.0. The second-order valence-corrected chi connectivity index (χ2v) is 10.0. The Balaban J connectivity index is 0.00000364. The highest BCUT2D eigenvalue weighted by atomic mass is 35.5. The summed E-state index contributed by atoms with van der Waals surface area (Å²) < 4.78 is 28.1. The van der Waals surface area contributed by atoms with Crippen LogP contribution >= 0.6 is 12.4 Å². The fourth-order valence-corrected chi connectivity index (χ4v) is 4.52. The smallest absolute Gasteiger partial charge is 0.241 e. The van der Waals surface area contributed by atoms with Gasteiger partial charge >= 0.3 is 0 Å². The van der Waals surface area contributed by atoms with E-state index < -0.39 is 16.1 Å². The summed E-state index contributed by atoms with van der Waals surface area (Å²) in [6.07, 6.45) is 0.717. The van der Waals surface area contributed by atoms with Gasteiger partial charge in [0, 0.05) is 19.1 Å². The van der Waals surface area contributed by atoms with Crippen LogP contribution in [0, 0.1) is 18.3 Å². The number of nitrogens with zero attached hydrogens (tertiary/aromatic N) is 1. The number of benzene rings is 1. The van der Waals surface area contributed by atoms with Crippen LogP contribution in [0.5, 0.6) is 0 Å². The van der Waals surface area contributed by atoms with Crippen molar-refractivity contribution in [2.45, 2.75) is 58.0 Å². The van der Waals surface area contributed by atoms with E-state index in [1.807, 2.05) is 34.6 Å². The zero-order chi connectivity index (χ0) is 19.7. The summed E-state index contributed by atoms with van der Waals surface area (Å²) in [5.41, 5.74) is 6.94. The molecule has 0 spiro atoms. The molecule has 1 saturated heterocycles. The number of likely N-dealkylation sites (tertiary alicyclic amines) is 1. The summed E-state index contributed by atoms with van der Waals surface area (Å²) in [5, 5.41) is 0. The first-order valence-electron chi connectivity index (χ1n) is 9.07. The molecular weight excluding hydrogens is 386 g/mol. The molecule has 0 saturated carbocycles. The Kier molecular flexibility index (Phi) is 7.88. The molecule has 1 aromatic carbocycles. The number of nitrogens with one attached hydrogen (secondary N) is 1. The SMILES string of the molecule is Cc1ccc(S(=O)(=O)NC(C(=O)N2CCC(N)C(C)(C)C2)C(C)C)cc1.Cl. The molecule has 1 aliphatic rings. The van der Waals surface area contributed by atoms with Crippen molar-refractivity contribution in [1.82, 2.24) is 9.62 Å². The lowest BCUT2D eigenvalue weighted by Gasteiger charge is -2.44. The first-order chi connectivity index (χ1) is 11.9. The molecule has 1 heterocycles. The van der Waals surface area contributed by atoms with E-state index >= 15 is 0 Å². The molecule has 154 valence electrons. The molecule has 1 aliphatic heterocycles. The van der Waals surface area contributed by atoms with Crippen molar-refractivity contribution in [3.63, 3.8) is 0 Å². The normalized spacial score (nSPS) is 20.9. The average Bonchev–Trinajstić information content (AvgIpc) is 2.54. The van der Waals surface area contributed by atoms with Crippen molar-refractivity contribution in [3.05, 3.63) is 29.8 Å². The minimum absolute atomic E-state index is 0. The van der Waals surface area contributed by atoms with Gasteiger partial charge in [-0.2, -0.15) is 4.72 Å². The van der Waals surface area contributed by atoms with Crippen LogP contribution in [-0.2, 0) is 14.8 Å². The van der Waals surface area contributed by atoms with E-state index in [9.17, 15) is 13.2 Å². The van der Waals surface area contributed by atoms with Gasteiger partial charge in [-0.15, -0.1) is 12.4 Å². The molecule has 0 bridgehead atoms. The highest BCUT2D eigenvalue weighted by molar-refractivity contribution is 7.89.